The maximum absolute atomic E-state index is 14.3. The molecule has 0 aliphatic heterocycles. The number of para-hydroxylation sites is 3. The zero-order chi connectivity index (χ0) is 25.0. The van der Waals surface area contributed by atoms with E-state index in [1.165, 1.54) is 30.3 Å². The number of alkyl halides is 2. The van der Waals surface area contributed by atoms with Gasteiger partial charge in [-0.25, -0.2) is 14.5 Å². The SMILES string of the molecule is O=C(Nc1cccc(COc2nc3ccccc3n2-c2ccccn2)n1)C(F)(F)Oc1ccccc1. The molecule has 0 atom stereocenters. The van der Waals surface area contributed by atoms with E-state index in [0.29, 0.717) is 17.0 Å². The molecule has 0 bridgehead atoms. The van der Waals surface area contributed by atoms with Crippen LogP contribution in [0.25, 0.3) is 16.9 Å². The molecule has 1 N–H and O–H groups in total. The van der Waals surface area contributed by atoms with Crippen LogP contribution in [0, 0.1) is 0 Å². The van der Waals surface area contributed by atoms with Gasteiger partial charge in [0, 0.05) is 6.20 Å². The zero-order valence-electron chi connectivity index (χ0n) is 18.7. The topological polar surface area (TPSA) is 91.2 Å². The fourth-order valence-electron chi connectivity index (χ4n) is 3.45. The fourth-order valence-corrected chi connectivity index (χ4v) is 3.45. The number of benzene rings is 2. The lowest BCUT2D eigenvalue weighted by Gasteiger charge is -2.17. The number of amides is 1. The monoisotopic (exact) mass is 487 g/mol. The van der Waals surface area contributed by atoms with E-state index < -0.39 is 12.0 Å². The molecular weight excluding hydrogens is 468 g/mol. The van der Waals surface area contributed by atoms with Gasteiger partial charge < -0.3 is 14.8 Å². The third-order valence-electron chi connectivity index (χ3n) is 5.06. The molecule has 5 aromatic rings. The van der Waals surface area contributed by atoms with Gasteiger partial charge >= 0.3 is 18.0 Å². The second-order valence-corrected chi connectivity index (χ2v) is 7.60. The van der Waals surface area contributed by atoms with Crippen LogP contribution in [0.4, 0.5) is 14.6 Å². The first-order valence-corrected chi connectivity index (χ1v) is 10.9. The van der Waals surface area contributed by atoms with Gasteiger partial charge in [0.1, 0.15) is 24.0 Å². The quantitative estimate of drug-likeness (QED) is 0.331. The van der Waals surface area contributed by atoms with E-state index in [0.717, 1.165) is 5.52 Å². The van der Waals surface area contributed by atoms with Gasteiger partial charge in [-0.1, -0.05) is 42.5 Å². The third kappa shape index (κ3) is 4.97. The molecule has 3 aromatic heterocycles. The average Bonchev–Trinajstić information content (AvgIpc) is 3.27. The number of rotatable bonds is 8. The Morgan fingerprint density at radius 3 is 2.47 bits per heavy atom. The van der Waals surface area contributed by atoms with Gasteiger partial charge in [-0.05, 0) is 48.5 Å². The van der Waals surface area contributed by atoms with Crippen molar-refractivity contribution in [2.45, 2.75) is 12.7 Å². The van der Waals surface area contributed by atoms with E-state index in [1.54, 1.807) is 35.0 Å². The molecule has 10 heteroatoms. The number of anilines is 1. The fraction of sp³-hybridized carbons (Fsp3) is 0.0769. The molecule has 5 rings (SSSR count). The van der Waals surface area contributed by atoms with Crippen molar-refractivity contribution in [1.82, 2.24) is 19.5 Å². The molecule has 3 heterocycles. The number of hydrogen-bond acceptors (Lipinski definition) is 6. The van der Waals surface area contributed by atoms with Gasteiger partial charge in [-0.2, -0.15) is 13.8 Å². The summed E-state index contributed by atoms with van der Waals surface area (Å²) < 4.78 is 40.8. The van der Waals surface area contributed by atoms with Crippen LogP contribution in [-0.2, 0) is 11.4 Å². The van der Waals surface area contributed by atoms with E-state index in [-0.39, 0.29) is 24.2 Å². The van der Waals surface area contributed by atoms with Gasteiger partial charge in [0.2, 0.25) is 0 Å². The van der Waals surface area contributed by atoms with Crippen LogP contribution >= 0.6 is 0 Å². The maximum Gasteiger partial charge on any atom is 0.482 e. The molecule has 0 unspecified atom stereocenters. The number of ether oxygens (including phenoxy) is 2. The van der Waals surface area contributed by atoms with Crippen LogP contribution in [0.1, 0.15) is 5.69 Å². The predicted octanol–water partition coefficient (Wildman–Crippen LogP) is 5.00. The first-order valence-electron chi connectivity index (χ1n) is 10.9. The summed E-state index contributed by atoms with van der Waals surface area (Å²) in [6.45, 7) is -0.0310. The minimum absolute atomic E-state index is 0.0310. The van der Waals surface area contributed by atoms with Crippen LogP contribution in [0.2, 0.25) is 0 Å². The summed E-state index contributed by atoms with van der Waals surface area (Å²) >= 11 is 0. The number of carbonyl (C=O) groups excluding carboxylic acids is 1. The lowest BCUT2D eigenvalue weighted by Crippen LogP contribution is -2.40. The third-order valence-corrected chi connectivity index (χ3v) is 5.06. The Labute approximate surface area is 204 Å². The lowest BCUT2D eigenvalue weighted by molar-refractivity contribution is -0.187. The summed E-state index contributed by atoms with van der Waals surface area (Å²) in [5.74, 6) is -1.23. The molecule has 0 saturated heterocycles. The largest absolute Gasteiger partial charge is 0.482 e. The molecule has 180 valence electrons. The maximum atomic E-state index is 14.3. The molecule has 0 aliphatic carbocycles. The van der Waals surface area contributed by atoms with Gasteiger partial charge in [0.15, 0.2) is 0 Å². The normalized spacial score (nSPS) is 11.3. The van der Waals surface area contributed by atoms with Crippen LogP contribution < -0.4 is 14.8 Å². The summed E-state index contributed by atoms with van der Waals surface area (Å²) in [5, 5.41) is 2.09. The summed E-state index contributed by atoms with van der Waals surface area (Å²) in [6, 6.07) is 25.2. The number of halogens is 2. The smallest absolute Gasteiger partial charge is 0.458 e. The molecule has 0 radical (unpaired) electrons. The number of fused-ring (bicyclic) bond motifs is 1. The molecular formula is C26H19F2N5O3. The second-order valence-electron chi connectivity index (χ2n) is 7.60. The van der Waals surface area contributed by atoms with Gasteiger partial charge in [-0.3, -0.25) is 4.79 Å². The number of aromatic nitrogens is 4. The van der Waals surface area contributed by atoms with E-state index >= 15 is 0 Å². The molecule has 0 fully saturated rings. The van der Waals surface area contributed by atoms with Crippen molar-refractivity contribution in [3.8, 4) is 17.6 Å². The van der Waals surface area contributed by atoms with Gasteiger partial charge in [0.05, 0.1) is 16.7 Å². The highest BCUT2D eigenvalue weighted by molar-refractivity contribution is 5.94. The summed E-state index contributed by atoms with van der Waals surface area (Å²) in [5.41, 5.74) is 1.91. The first-order chi connectivity index (χ1) is 17.5. The second kappa shape index (κ2) is 9.79. The van der Waals surface area contributed by atoms with Gasteiger partial charge in [0.25, 0.3) is 0 Å². The number of hydrogen-bond donors (Lipinski definition) is 1. The highest BCUT2D eigenvalue weighted by Gasteiger charge is 2.42. The number of carbonyl (C=O) groups is 1. The Kier molecular flexibility index (Phi) is 6.23. The number of imidazole rings is 1. The molecule has 8 nitrogen and oxygen atoms in total. The molecule has 0 aliphatic rings. The van der Waals surface area contributed by atoms with Crippen molar-refractivity contribution in [3.63, 3.8) is 0 Å². The van der Waals surface area contributed by atoms with Crippen molar-refractivity contribution < 1.29 is 23.0 Å². The first kappa shape index (κ1) is 22.9. The predicted molar refractivity (Wildman–Crippen MR) is 128 cm³/mol. The molecule has 0 spiro atoms. The Balaban J connectivity index is 1.32. The molecule has 36 heavy (non-hydrogen) atoms. The summed E-state index contributed by atoms with van der Waals surface area (Å²) in [7, 11) is 0. The number of nitrogens with one attached hydrogen (secondary N) is 1. The molecule has 0 saturated carbocycles. The number of nitrogens with zero attached hydrogens (tertiary/aromatic N) is 4. The highest BCUT2D eigenvalue weighted by Crippen LogP contribution is 2.26. The van der Waals surface area contributed by atoms with Crippen molar-refractivity contribution >= 4 is 22.8 Å². The van der Waals surface area contributed by atoms with E-state index in [9.17, 15) is 13.6 Å². The van der Waals surface area contributed by atoms with Crippen molar-refractivity contribution in [3.05, 3.63) is 103 Å². The van der Waals surface area contributed by atoms with Crippen molar-refractivity contribution in [2.75, 3.05) is 5.32 Å². The lowest BCUT2D eigenvalue weighted by atomic mass is 10.3. The van der Waals surface area contributed by atoms with Crippen LogP contribution in [0.3, 0.4) is 0 Å². The van der Waals surface area contributed by atoms with Gasteiger partial charge in [-0.15, -0.1) is 0 Å². The zero-order valence-corrected chi connectivity index (χ0v) is 18.7. The number of pyridine rings is 2. The van der Waals surface area contributed by atoms with Crippen LogP contribution in [-0.4, -0.2) is 31.5 Å². The van der Waals surface area contributed by atoms with E-state index in [1.807, 2.05) is 36.4 Å². The Morgan fingerprint density at radius 1 is 0.889 bits per heavy atom. The average molecular weight is 487 g/mol. The van der Waals surface area contributed by atoms with Crippen LogP contribution in [0.5, 0.6) is 11.8 Å². The van der Waals surface area contributed by atoms with Crippen molar-refractivity contribution in [2.24, 2.45) is 0 Å². The Bertz CT molecular complexity index is 1490. The Morgan fingerprint density at radius 2 is 1.67 bits per heavy atom. The summed E-state index contributed by atoms with van der Waals surface area (Å²) in [6.07, 6.45) is -2.43. The minimum Gasteiger partial charge on any atom is -0.458 e. The molecule has 1 amide bonds. The standard InChI is InChI=1S/C26H19F2N5O3/c27-26(28,36-19-10-2-1-3-11-19)24(34)32-22-14-8-9-18(30-22)17-35-25-31-20-12-4-5-13-21(20)33(25)23-15-6-7-16-29-23/h1-16H,17H2,(H,30,32,34). The highest BCUT2D eigenvalue weighted by atomic mass is 19.3. The van der Waals surface area contributed by atoms with Crippen molar-refractivity contribution in [1.29, 1.82) is 0 Å². The van der Waals surface area contributed by atoms with E-state index in [2.05, 4.69) is 25.0 Å². The Hall–Kier alpha value is -4.86. The summed E-state index contributed by atoms with van der Waals surface area (Å²) in [4.78, 5) is 25.3. The van der Waals surface area contributed by atoms with Crippen LogP contribution in [0.15, 0.2) is 97.2 Å². The van der Waals surface area contributed by atoms with E-state index in [4.69, 9.17) is 4.74 Å². The minimum atomic E-state index is -4.09. The molecule has 2 aromatic carbocycles.